The van der Waals surface area contributed by atoms with E-state index >= 15 is 0 Å². The van der Waals surface area contributed by atoms with Crippen LogP contribution in [0.2, 0.25) is 0 Å². The van der Waals surface area contributed by atoms with E-state index in [1.165, 1.54) is 49.5 Å². The van der Waals surface area contributed by atoms with Gasteiger partial charge in [0.05, 0.1) is 10.6 Å². The number of carbonyl (C=O) groups is 1. The second-order valence-electron chi connectivity index (χ2n) is 8.93. The number of amides is 1. The van der Waals surface area contributed by atoms with Crippen LogP contribution in [0.3, 0.4) is 0 Å². The normalized spacial score (nSPS) is 18.5. The van der Waals surface area contributed by atoms with E-state index in [2.05, 4.69) is 4.90 Å². The molecule has 6 nitrogen and oxygen atoms in total. The molecule has 0 atom stereocenters. The number of carbonyl (C=O) groups excluding carboxylic acids is 1. The van der Waals surface area contributed by atoms with Gasteiger partial charge in [0.2, 0.25) is 0 Å². The van der Waals surface area contributed by atoms with E-state index in [1.54, 1.807) is 42.5 Å². The molecule has 1 saturated carbocycles. The predicted octanol–water partition coefficient (Wildman–Crippen LogP) is 3.85. The number of rotatable bonds is 6. The lowest BCUT2D eigenvalue weighted by molar-refractivity contribution is 0.0606. The highest BCUT2D eigenvalue weighted by Crippen LogP contribution is 2.25. The van der Waals surface area contributed by atoms with Crippen molar-refractivity contribution < 1.29 is 13.2 Å². The number of sulfonamides is 1. The van der Waals surface area contributed by atoms with Crippen LogP contribution in [0, 0.1) is 5.92 Å². The Labute approximate surface area is 191 Å². The number of hydrogen-bond donors (Lipinski definition) is 0. The van der Waals surface area contributed by atoms with Crippen molar-refractivity contribution in [2.75, 3.05) is 44.1 Å². The quantitative estimate of drug-likeness (QED) is 0.664. The van der Waals surface area contributed by atoms with Crippen LogP contribution in [-0.2, 0) is 10.0 Å². The molecule has 0 radical (unpaired) electrons. The molecule has 2 aromatic rings. The fourth-order valence-electron chi connectivity index (χ4n) is 4.78. The highest BCUT2D eigenvalue weighted by molar-refractivity contribution is 7.92. The number of piperazine rings is 1. The Morgan fingerprint density at radius 3 is 2.31 bits per heavy atom. The molecule has 0 N–H and O–H groups in total. The molecular formula is C25H33N3O3S. The Morgan fingerprint density at radius 1 is 0.938 bits per heavy atom. The molecule has 32 heavy (non-hydrogen) atoms. The van der Waals surface area contributed by atoms with E-state index in [0.717, 1.165) is 25.6 Å². The highest BCUT2D eigenvalue weighted by atomic mass is 32.2. The molecule has 1 saturated heterocycles. The average molecular weight is 456 g/mol. The first kappa shape index (κ1) is 22.8. The lowest BCUT2D eigenvalue weighted by Gasteiger charge is -2.37. The van der Waals surface area contributed by atoms with E-state index in [4.69, 9.17) is 0 Å². The van der Waals surface area contributed by atoms with Crippen molar-refractivity contribution in [2.45, 2.75) is 37.0 Å². The van der Waals surface area contributed by atoms with E-state index < -0.39 is 10.0 Å². The SMILES string of the molecule is CN(c1ccccc1)S(=O)(=O)c1cccc(C(=O)N2CCN(CC3CCCCC3)CC2)c1. The van der Waals surface area contributed by atoms with Crippen LogP contribution in [0.1, 0.15) is 42.5 Å². The molecule has 4 rings (SSSR count). The molecule has 1 heterocycles. The van der Waals surface area contributed by atoms with Gasteiger partial charge in [0.25, 0.3) is 15.9 Å². The molecule has 1 aliphatic carbocycles. The molecule has 7 heteroatoms. The molecule has 1 aliphatic heterocycles. The minimum absolute atomic E-state index is 0.0956. The zero-order valence-corrected chi connectivity index (χ0v) is 19.6. The van der Waals surface area contributed by atoms with Crippen LogP contribution in [0.4, 0.5) is 5.69 Å². The predicted molar refractivity (Wildman–Crippen MR) is 127 cm³/mol. The van der Waals surface area contributed by atoms with E-state index in [1.807, 2.05) is 11.0 Å². The summed E-state index contributed by atoms with van der Waals surface area (Å²) in [6.45, 7) is 4.29. The second-order valence-corrected chi connectivity index (χ2v) is 10.9. The zero-order chi connectivity index (χ0) is 22.6. The lowest BCUT2D eigenvalue weighted by Crippen LogP contribution is -2.49. The van der Waals surface area contributed by atoms with Crippen molar-refractivity contribution in [2.24, 2.45) is 5.92 Å². The third kappa shape index (κ3) is 5.15. The molecule has 2 aromatic carbocycles. The van der Waals surface area contributed by atoms with E-state index in [-0.39, 0.29) is 10.8 Å². The number of nitrogens with zero attached hydrogens (tertiary/aromatic N) is 3. The summed E-state index contributed by atoms with van der Waals surface area (Å²) in [7, 11) is -2.22. The maximum absolute atomic E-state index is 13.1. The first-order chi connectivity index (χ1) is 15.4. The first-order valence-electron chi connectivity index (χ1n) is 11.6. The summed E-state index contributed by atoms with van der Waals surface area (Å²) in [4.78, 5) is 17.6. The zero-order valence-electron chi connectivity index (χ0n) is 18.8. The van der Waals surface area contributed by atoms with E-state index in [0.29, 0.717) is 24.3 Å². The van der Waals surface area contributed by atoms with Crippen LogP contribution >= 0.6 is 0 Å². The van der Waals surface area contributed by atoms with Crippen LogP contribution in [0.15, 0.2) is 59.5 Å². The third-order valence-electron chi connectivity index (χ3n) is 6.76. The van der Waals surface area contributed by atoms with Gasteiger partial charge < -0.3 is 4.90 Å². The summed E-state index contributed by atoms with van der Waals surface area (Å²) in [6, 6.07) is 15.4. The summed E-state index contributed by atoms with van der Waals surface area (Å²) in [5, 5.41) is 0. The Kier molecular flexibility index (Phi) is 7.16. The fraction of sp³-hybridized carbons (Fsp3) is 0.480. The Hall–Kier alpha value is -2.38. The van der Waals surface area contributed by atoms with Gasteiger partial charge >= 0.3 is 0 Å². The molecule has 0 unspecified atom stereocenters. The van der Waals surface area contributed by atoms with Crippen molar-refractivity contribution in [3.05, 3.63) is 60.2 Å². The summed E-state index contributed by atoms with van der Waals surface area (Å²) in [5.41, 5.74) is 1.01. The monoisotopic (exact) mass is 455 g/mol. The summed E-state index contributed by atoms with van der Waals surface area (Å²) in [6.07, 6.45) is 6.73. The van der Waals surface area contributed by atoms with Gasteiger partial charge in [0, 0.05) is 45.3 Å². The van der Waals surface area contributed by atoms with Gasteiger partial charge in [-0.25, -0.2) is 8.42 Å². The summed E-state index contributed by atoms with van der Waals surface area (Å²) < 4.78 is 27.5. The first-order valence-corrected chi connectivity index (χ1v) is 13.0. The maximum Gasteiger partial charge on any atom is 0.264 e. The standard InChI is InChI=1S/C25H33N3O3S/c1-26(23-12-6-3-7-13-23)32(30,31)24-14-8-11-22(19-24)25(29)28-17-15-27(16-18-28)20-21-9-4-2-5-10-21/h3,6-8,11-14,19,21H,2,4-5,9-10,15-18,20H2,1H3. The van der Waals surface area contributed by atoms with Gasteiger partial charge in [0.1, 0.15) is 0 Å². The second kappa shape index (κ2) is 10.0. The van der Waals surface area contributed by atoms with Gasteiger partial charge in [0.15, 0.2) is 0 Å². The summed E-state index contributed by atoms with van der Waals surface area (Å²) >= 11 is 0. The molecule has 0 bridgehead atoms. The molecular weight excluding hydrogens is 422 g/mol. The molecule has 2 aliphatic rings. The Bertz CT molecular complexity index is 1010. The Balaban J connectivity index is 1.40. The largest absolute Gasteiger partial charge is 0.336 e. The van der Waals surface area contributed by atoms with Crippen LogP contribution in [0.5, 0.6) is 0 Å². The smallest absolute Gasteiger partial charge is 0.264 e. The van der Waals surface area contributed by atoms with Crippen LogP contribution < -0.4 is 4.31 Å². The molecule has 0 aromatic heterocycles. The number of hydrogen-bond acceptors (Lipinski definition) is 4. The van der Waals surface area contributed by atoms with Crippen molar-refractivity contribution in [3.63, 3.8) is 0 Å². The number of benzene rings is 2. The topological polar surface area (TPSA) is 60.9 Å². The van der Waals surface area contributed by atoms with Gasteiger partial charge in [-0.2, -0.15) is 0 Å². The van der Waals surface area contributed by atoms with Gasteiger partial charge in [-0.15, -0.1) is 0 Å². The minimum Gasteiger partial charge on any atom is -0.336 e. The highest BCUT2D eigenvalue weighted by Gasteiger charge is 2.26. The summed E-state index contributed by atoms with van der Waals surface area (Å²) in [5.74, 6) is 0.705. The van der Waals surface area contributed by atoms with E-state index in [9.17, 15) is 13.2 Å². The third-order valence-corrected chi connectivity index (χ3v) is 8.54. The molecule has 1 amide bonds. The number of anilines is 1. The maximum atomic E-state index is 13.1. The van der Waals surface area contributed by atoms with Crippen molar-refractivity contribution in [1.82, 2.24) is 9.80 Å². The van der Waals surface area contributed by atoms with Crippen molar-refractivity contribution in [3.8, 4) is 0 Å². The van der Waals surface area contributed by atoms with Crippen molar-refractivity contribution >= 4 is 21.6 Å². The Morgan fingerprint density at radius 2 is 1.62 bits per heavy atom. The molecule has 172 valence electrons. The lowest BCUT2D eigenvalue weighted by atomic mass is 9.89. The average Bonchev–Trinajstić information content (AvgIpc) is 2.85. The van der Waals surface area contributed by atoms with Crippen LogP contribution in [-0.4, -0.2) is 63.9 Å². The van der Waals surface area contributed by atoms with Crippen molar-refractivity contribution in [1.29, 1.82) is 0 Å². The van der Waals surface area contributed by atoms with Crippen LogP contribution in [0.25, 0.3) is 0 Å². The van der Waals surface area contributed by atoms with Gasteiger partial charge in [-0.1, -0.05) is 43.5 Å². The number of para-hydroxylation sites is 1. The molecule has 2 fully saturated rings. The molecule has 0 spiro atoms. The minimum atomic E-state index is -3.75. The van der Waals surface area contributed by atoms with Gasteiger partial charge in [-0.05, 0) is 49.1 Å². The van der Waals surface area contributed by atoms with Gasteiger partial charge in [-0.3, -0.25) is 14.0 Å². The fourth-order valence-corrected chi connectivity index (χ4v) is 6.02.